The number of aryl methyl sites for hydroxylation is 1. The molecular weight excluding hydrogens is 462 g/mol. The molecule has 1 saturated carbocycles. The van der Waals surface area contributed by atoms with Gasteiger partial charge in [0.15, 0.2) is 0 Å². The molecule has 2 aliphatic rings. The molecule has 4 heterocycles. The molecule has 1 saturated heterocycles. The number of hydrogen-bond acceptors (Lipinski definition) is 4. The minimum atomic E-state index is -0.174. The fraction of sp³-hybridized carbons (Fsp3) is 0.367. The Hall–Kier alpha value is -3.71. The number of para-hydroxylation sites is 1. The van der Waals surface area contributed by atoms with E-state index in [2.05, 4.69) is 50.2 Å². The molecule has 6 rings (SSSR count). The summed E-state index contributed by atoms with van der Waals surface area (Å²) in [6, 6.07) is 16.6. The van der Waals surface area contributed by atoms with Crippen LogP contribution in [0.2, 0.25) is 0 Å². The first-order valence-electron chi connectivity index (χ1n) is 13.2. The van der Waals surface area contributed by atoms with E-state index in [1.807, 2.05) is 36.8 Å². The summed E-state index contributed by atoms with van der Waals surface area (Å²) < 4.78 is 3.86. The Balaban J connectivity index is 1.30. The van der Waals surface area contributed by atoms with E-state index in [9.17, 15) is 9.59 Å². The first-order valence-corrected chi connectivity index (χ1v) is 13.2. The molecule has 4 aromatic rings. The van der Waals surface area contributed by atoms with Gasteiger partial charge in [0.05, 0.1) is 5.92 Å². The lowest BCUT2D eigenvalue weighted by molar-refractivity contribution is -0.138. The van der Waals surface area contributed by atoms with E-state index in [0.717, 1.165) is 37.9 Å². The van der Waals surface area contributed by atoms with Gasteiger partial charge in [0.2, 0.25) is 5.91 Å². The van der Waals surface area contributed by atoms with Crippen molar-refractivity contribution in [3.05, 3.63) is 100 Å². The van der Waals surface area contributed by atoms with E-state index in [1.165, 1.54) is 22.0 Å². The minimum Gasteiger partial charge on any atom is -0.343 e. The van der Waals surface area contributed by atoms with Crippen LogP contribution in [-0.2, 0) is 24.9 Å². The zero-order chi connectivity index (χ0) is 25.4. The SMILES string of the molecule is Cn1ccc([C@H]2CCNCC2C(=O)N(Cc2cn(Cc3ccncc3)c3ccccc23)C2CC2)cc1=O. The van der Waals surface area contributed by atoms with Gasteiger partial charge in [-0.25, -0.2) is 0 Å². The van der Waals surface area contributed by atoms with Gasteiger partial charge in [-0.3, -0.25) is 14.6 Å². The molecule has 0 radical (unpaired) electrons. The van der Waals surface area contributed by atoms with Crippen molar-refractivity contribution < 1.29 is 4.79 Å². The van der Waals surface area contributed by atoms with Crippen molar-refractivity contribution in [2.75, 3.05) is 13.1 Å². The van der Waals surface area contributed by atoms with Crippen molar-refractivity contribution in [3.63, 3.8) is 0 Å². The van der Waals surface area contributed by atoms with Gasteiger partial charge in [0, 0.05) is 74.5 Å². The Morgan fingerprint density at radius 3 is 2.70 bits per heavy atom. The number of carbonyl (C=O) groups excluding carboxylic acids is 1. The van der Waals surface area contributed by atoms with Gasteiger partial charge in [-0.15, -0.1) is 0 Å². The van der Waals surface area contributed by atoms with E-state index in [4.69, 9.17) is 0 Å². The highest BCUT2D eigenvalue weighted by Gasteiger charge is 2.40. The average Bonchev–Trinajstić information content (AvgIpc) is 3.72. The van der Waals surface area contributed by atoms with Crippen molar-refractivity contribution >= 4 is 16.8 Å². The third-order valence-electron chi connectivity index (χ3n) is 7.94. The summed E-state index contributed by atoms with van der Waals surface area (Å²) in [6.45, 7) is 2.87. The number of amides is 1. The molecule has 0 spiro atoms. The summed E-state index contributed by atoms with van der Waals surface area (Å²) in [7, 11) is 1.76. The van der Waals surface area contributed by atoms with Crippen LogP contribution >= 0.6 is 0 Å². The maximum absolute atomic E-state index is 14.1. The molecule has 2 fully saturated rings. The Morgan fingerprint density at radius 2 is 1.92 bits per heavy atom. The largest absolute Gasteiger partial charge is 0.343 e. The van der Waals surface area contributed by atoms with Crippen molar-refractivity contribution in [1.82, 2.24) is 24.3 Å². The van der Waals surface area contributed by atoms with Crippen molar-refractivity contribution in [1.29, 1.82) is 0 Å². The number of fused-ring (bicyclic) bond motifs is 1. The molecule has 1 aromatic carbocycles. The molecule has 1 amide bonds. The van der Waals surface area contributed by atoms with Crippen molar-refractivity contribution in [2.24, 2.45) is 13.0 Å². The predicted octanol–water partition coefficient (Wildman–Crippen LogP) is 3.67. The molecule has 37 heavy (non-hydrogen) atoms. The van der Waals surface area contributed by atoms with Gasteiger partial charge in [-0.1, -0.05) is 18.2 Å². The van der Waals surface area contributed by atoms with Gasteiger partial charge in [-0.05, 0) is 72.7 Å². The molecule has 3 aromatic heterocycles. The quantitative estimate of drug-likeness (QED) is 0.425. The first-order chi connectivity index (χ1) is 18.1. The zero-order valence-corrected chi connectivity index (χ0v) is 21.2. The van der Waals surface area contributed by atoms with E-state index in [-0.39, 0.29) is 23.3 Å². The molecule has 190 valence electrons. The maximum Gasteiger partial charge on any atom is 0.250 e. The number of rotatable bonds is 7. The highest BCUT2D eigenvalue weighted by Crippen LogP contribution is 2.36. The van der Waals surface area contributed by atoms with Gasteiger partial charge in [0.25, 0.3) is 5.56 Å². The smallest absolute Gasteiger partial charge is 0.250 e. The lowest BCUT2D eigenvalue weighted by Crippen LogP contribution is -2.47. The normalized spacial score (nSPS) is 19.7. The predicted molar refractivity (Wildman–Crippen MR) is 144 cm³/mol. The number of benzene rings is 1. The average molecular weight is 496 g/mol. The lowest BCUT2D eigenvalue weighted by atomic mass is 9.80. The first kappa shape index (κ1) is 23.7. The number of pyridine rings is 2. The number of carbonyl (C=O) groups is 1. The summed E-state index contributed by atoms with van der Waals surface area (Å²) in [6.07, 6.45) is 10.6. The number of nitrogens with zero attached hydrogens (tertiary/aromatic N) is 4. The number of hydrogen-bond donors (Lipinski definition) is 1. The van der Waals surface area contributed by atoms with Crippen LogP contribution < -0.4 is 10.9 Å². The molecule has 7 nitrogen and oxygen atoms in total. The number of aromatic nitrogens is 3. The van der Waals surface area contributed by atoms with E-state index < -0.39 is 0 Å². The van der Waals surface area contributed by atoms with Crippen LogP contribution in [0.1, 0.15) is 41.9 Å². The van der Waals surface area contributed by atoms with E-state index in [1.54, 1.807) is 17.7 Å². The van der Waals surface area contributed by atoms with Crippen LogP contribution in [0.25, 0.3) is 10.9 Å². The number of nitrogens with one attached hydrogen (secondary N) is 1. The fourth-order valence-electron chi connectivity index (χ4n) is 5.75. The molecule has 1 N–H and O–H groups in total. The third-order valence-corrected chi connectivity index (χ3v) is 7.94. The fourth-order valence-corrected chi connectivity index (χ4v) is 5.75. The molecular formula is C30H33N5O2. The summed E-state index contributed by atoms with van der Waals surface area (Å²) in [5, 5.41) is 4.63. The Kier molecular flexibility index (Phi) is 6.38. The van der Waals surface area contributed by atoms with Gasteiger partial charge in [-0.2, -0.15) is 0 Å². The second kappa shape index (κ2) is 9.98. The van der Waals surface area contributed by atoms with Crippen molar-refractivity contribution in [3.8, 4) is 0 Å². The maximum atomic E-state index is 14.1. The molecule has 0 bridgehead atoms. The Bertz CT molecular complexity index is 1470. The van der Waals surface area contributed by atoms with Crippen LogP contribution in [-0.4, -0.2) is 44.1 Å². The topological polar surface area (TPSA) is 72.2 Å². The van der Waals surface area contributed by atoms with Gasteiger partial charge in [0.1, 0.15) is 0 Å². The molecule has 2 atom stereocenters. The minimum absolute atomic E-state index is 0.0247. The third kappa shape index (κ3) is 4.83. The summed E-state index contributed by atoms with van der Waals surface area (Å²) in [4.78, 5) is 32.8. The molecule has 1 aliphatic heterocycles. The van der Waals surface area contributed by atoms with Crippen LogP contribution in [0.3, 0.4) is 0 Å². The monoisotopic (exact) mass is 495 g/mol. The summed E-state index contributed by atoms with van der Waals surface area (Å²) in [5.41, 5.74) is 4.51. The summed E-state index contributed by atoms with van der Waals surface area (Å²) >= 11 is 0. The van der Waals surface area contributed by atoms with Crippen molar-refractivity contribution in [2.45, 2.75) is 44.3 Å². The highest BCUT2D eigenvalue weighted by molar-refractivity contribution is 5.86. The summed E-state index contributed by atoms with van der Waals surface area (Å²) in [5.74, 6) is 0.0786. The van der Waals surface area contributed by atoms with Crippen LogP contribution in [0, 0.1) is 5.92 Å². The van der Waals surface area contributed by atoms with Crippen LogP contribution in [0.4, 0.5) is 0 Å². The Morgan fingerprint density at radius 1 is 1.11 bits per heavy atom. The zero-order valence-electron chi connectivity index (χ0n) is 21.2. The standard InChI is InChI=1S/C30H33N5O2/c1-33-15-11-22(16-29(33)36)25-10-14-32-17-27(25)30(37)35(24-6-7-24)20-23-19-34(18-21-8-12-31-13-9-21)28-5-3-2-4-26(23)28/h2-5,8-9,11-13,15-16,19,24-25,27,32H,6-7,10,14,17-18,20H2,1H3/t25-,27?/m1/s1. The highest BCUT2D eigenvalue weighted by atomic mass is 16.2. The molecule has 1 unspecified atom stereocenters. The van der Waals surface area contributed by atoms with Crippen LogP contribution in [0.5, 0.6) is 0 Å². The second-order valence-corrected chi connectivity index (χ2v) is 10.5. The van der Waals surface area contributed by atoms with E-state index >= 15 is 0 Å². The Labute approximate surface area is 216 Å². The molecule has 1 aliphatic carbocycles. The lowest BCUT2D eigenvalue weighted by Gasteiger charge is -2.35. The van der Waals surface area contributed by atoms with Gasteiger partial charge < -0.3 is 19.4 Å². The number of piperidine rings is 1. The van der Waals surface area contributed by atoms with Crippen LogP contribution in [0.15, 0.2) is 78.1 Å². The van der Waals surface area contributed by atoms with E-state index in [0.29, 0.717) is 19.1 Å². The second-order valence-electron chi connectivity index (χ2n) is 10.5. The molecule has 7 heteroatoms. The van der Waals surface area contributed by atoms with Gasteiger partial charge >= 0.3 is 0 Å².